The van der Waals surface area contributed by atoms with Gasteiger partial charge in [0.15, 0.2) is 0 Å². The molecule has 96 valence electrons. The quantitative estimate of drug-likeness (QED) is 0.888. The SMILES string of the molecule is COc1ccc(C2CC2)cc1C1(C(=O)O)CC1C. The number of hydrogen-bond acceptors (Lipinski definition) is 2. The molecule has 2 saturated carbocycles. The first-order chi connectivity index (χ1) is 8.59. The molecule has 0 heterocycles. The molecule has 0 saturated heterocycles. The van der Waals surface area contributed by atoms with Gasteiger partial charge in [-0.15, -0.1) is 0 Å². The maximum Gasteiger partial charge on any atom is 0.314 e. The summed E-state index contributed by atoms with van der Waals surface area (Å²) < 4.78 is 5.36. The van der Waals surface area contributed by atoms with E-state index >= 15 is 0 Å². The number of carbonyl (C=O) groups is 1. The topological polar surface area (TPSA) is 46.5 Å². The molecule has 0 aliphatic heterocycles. The second-order valence-electron chi connectivity index (χ2n) is 5.62. The van der Waals surface area contributed by atoms with Crippen LogP contribution in [0.25, 0.3) is 0 Å². The largest absolute Gasteiger partial charge is 0.496 e. The van der Waals surface area contributed by atoms with Gasteiger partial charge in [0.1, 0.15) is 5.75 Å². The third-order valence-corrected chi connectivity index (χ3v) is 4.44. The molecule has 1 aromatic rings. The van der Waals surface area contributed by atoms with Crippen LogP contribution in [-0.2, 0) is 10.2 Å². The first-order valence-electron chi connectivity index (χ1n) is 6.51. The van der Waals surface area contributed by atoms with Crippen molar-refractivity contribution in [3.63, 3.8) is 0 Å². The highest BCUT2D eigenvalue weighted by Gasteiger charge is 2.60. The molecule has 0 bridgehead atoms. The Morgan fingerprint density at radius 2 is 2.11 bits per heavy atom. The van der Waals surface area contributed by atoms with Crippen LogP contribution in [0.3, 0.4) is 0 Å². The van der Waals surface area contributed by atoms with Crippen LogP contribution in [0.1, 0.15) is 43.2 Å². The Balaban J connectivity index is 2.08. The van der Waals surface area contributed by atoms with Gasteiger partial charge >= 0.3 is 5.97 Å². The Labute approximate surface area is 107 Å². The van der Waals surface area contributed by atoms with Crippen molar-refractivity contribution in [1.29, 1.82) is 0 Å². The molecule has 3 rings (SSSR count). The molecule has 2 unspecified atom stereocenters. The Bertz CT molecular complexity index is 504. The van der Waals surface area contributed by atoms with Gasteiger partial charge in [-0.3, -0.25) is 4.79 Å². The van der Waals surface area contributed by atoms with Gasteiger partial charge in [-0.1, -0.05) is 19.1 Å². The van der Waals surface area contributed by atoms with Gasteiger partial charge in [-0.25, -0.2) is 0 Å². The average Bonchev–Trinajstić information content (AvgIpc) is 3.22. The average molecular weight is 246 g/mol. The van der Waals surface area contributed by atoms with E-state index in [4.69, 9.17) is 4.74 Å². The highest BCUT2D eigenvalue weighted by molar-refractivity contribution is 5.87. The van der Waals surface area contributed by atoms with Crippen molar-refractivity contribution in [3.05, 3.63) is 29.3 Å². The molecule has 0 spiro atoms. The summed E-state index contributed by atoms with van der Waals surface area (Å²) in [6, 6.07) is 6.06. The molecule has 1 N–H and O–H groups in total. The summed E-state index contributed by atoms with van der Waals surface area (Å²) in [7, 11) is 1.61. The lowest BCUT2D eigenvalue weighted by atomic mass is 9.90. The van der Waals surface area contributed by atoms with E-state index < -0.39 is 11.4 Å². The van der Waals surface area contributed by atoms with E-state index in [-0.39, 0.29) is 5.92 Å². The third-order valence-electron chi connectivity index (χ3n) is 4.44. The number of aliphatic carboxylic acids is 1. The van der Waals surface area contributed by atoms with E-state index in [1.54, 1.807) is 7.11 Å². The molecule has 1 aromatic carbocycles. The number of methoxy groups -OCH3 is 1. The van der Waals surface area contributed by atoms with Crippen molar-refractivity contribution in [3.8, 4) is 5.75 Å². The molecule has 3 nitrogen and oxygen atoms in total. The van der Waals surface area contributed by atoms with E-state index in [0.29, 0.717) is 18.1 Å². The van der Waals surface area contributed by atoms with E-state index in [9.17, 15) is 9.90 Å². The molecule has 2 atom stereocenters. The molecule has 2 aliphatic rings. The fraction of sp³-hybridized carbons (Fsp3) is 0.533. The highest BCUT2D eigenvalue weighted by Crippen LogP contribution is 2.57. The summed E-state index contributed by atoms with van der Waals surface area (Å²) in [6.45, 7) is 2.00. The van der Waals surface area contributed by atoms with Crippen LogP contribution in [0.4, 0.5) is 0 Å². The van der Waals surface area contributed by atoms with Crippen LogP contribution in [0.5, 0.6) is 5.75 Å². The lowest BCUT2D eigenvalue weighted by Crippen LogP contribution is -2.23. The van der Waals surface area contributed by atoms with Crippen LogP contribution in [0, 0.1) is 5.92 Å². The lowest BCUT2D eigenvalue weighted by molar-refractivity contribution is -0.140. The molecule has 2 aliphatic carbocycles. The Morgan fingerprint density at radius 1 is 1.44 bits per heavy atom. The van der Waals surface area contributed by atoms with Gasteiger partial charge in [-0.05, 0) is 42.7 Å². The number of benzene rings is 1. The number of carboxylic acid groups (broad SMARTS) is 1. The first kappa shape index (κ1) is 11.6. The zero-order valence-electron chi connectivity index (χ0n) is 10.8. The van der Waals surface area contributed by atoms with Crippen LogP contribution >= 0.6 is 0 Å². The van der Waals surface area contributed by atoms with Crippen molar-refractivity contribution in [2.75, 3.05) is 7.11 Å². The van der Waals surface area contributed by atoms with Crippen LogP contribution in [-0.4, -0.2) is 18.2 Å². The summed E-state index contributed by atoms with van der Waals surface area (Å²) >= 11 is 0. The zero-order chi connectivity index (χ0) is 12.9. The molecule has 0 radical (unpaired) electrons. The third kappa shape index (κ3) is 1.53. The molecule has 18 heavy (non-hydrogen) atoms. The standard InChI is InChI=1S/C15H18O3/c1-9-8-15(9,14(16)17)12-7-11(10-3-4-10)5-6-13(12)18-2/h5-7,9-10H,3-4,8H2,1-2H3,(H,16,17). The summed E-state index contributed by atoms with van der Waals surface area (Å²) in [5.41, 5.74) is 1.43. The van der Waals surface area contributed by atoms with Crippen LogP contribution in [0.2, 0.25) is 0 Å². The number of rotatable bonds is 4. The predicted octanol–water partition coefficient (Wildman–Crippen LogP) is 2.93. The van der Waals surface area contributed by atoms with Crippen molar-refractivity contribution in [2.45, 2.75) is 37.5 Å². The number of ether oxygens (including phenoxy) is 1. The molecular weight excluding hydrogens is 228 g/mol. The first-order valence-corrected chi connectivity index (χ1v) is 6.51. The van der Waals surface area contributed by atoms with E-state index in [0.717, 1.165) is 5.56 Å². The molecule has 3 heteroatoms. The van der Waals surface area contributed by atoms with Crippen LogP contribution < -0.4 is 4.74 Å². The van der Waals surface area contributed by atoms with Crippen LogP contribution in [0.15, 0.2) is 18.2 Å². The van der Waals surface area contributed by atoms with Gasteiger partial charge in [0.2, 0.25) is 0 Å². The van der Waals surface area contributed by atoms with E-state index in [2.05, 4.69) is 12.1 Å². The maximum atomic E-state index is 11.6. The van der Waals surface area contributed by atoms with Gasteiger partial charge < -0.3 is 9.84 Å². The summed E-state index contributed by atoms with van der Waals surface area (Å²) in [5, 5.41) is 9.54. The van der Waals surface area contributed by atoms with E-state index in [1.165, 1.54) is 18.4 Å². The van der Waals surface area contributed by atoms with E-state index in [1.807, 2.05) is 13.0 Å². The normalized spacial score (nSPS) is 30.0. The van der Waals surface area contributed by atoms with Crippen molar-refractivity contribution in [1.82, 2.24) is 0 Å². The summed E-state index contributed by atoms with van der Waals surface area (Å²) in [5.74, 6) is 0.820. The zero-order valence-corrected chi connectivity index (χ0v) is 10.8. The Hall–Kier alpha value is -1.51. The fourth-order valence-electron chi connectivity index (χ4n) is 2.96. The molecule has 2 fully saturated rings. The van der Waals surface area contributed by atoms with Gasteiger partial charge in [0.05, 0.1) is 12.5 Å². The van der Waals surface area contributed by atoms with Crippen molar-refractivity contribution in [2.24, 2.45) is 5.92 Å². The molecule has 0 amide bonds. The Kier molecular flexibility index (Phi) is 2.40. The smallest absolute Gasteiger partial charge is 0.314 e. The summed E-state index contributed by atoms with van der Waals surface area (Å²) in [4.78, 5) is 11.6. The monoisotopic (exact) mass is 246 g/mol. The molecular formula is C15H18O3. The number of hydrogen-bond donors (Lipinski definition) is 1. The fourth-order valence-corrected chi connectivity index (χ4v) is 2.96. The predicted molar refractivity (Wildman–Crippen MR) is 68.1 cm³/mol. The summed E-state index contributed by atoms with van der Waals surface area (Å²) in [6.07, 6.45) is 3.16. The van der Waals surface area contributed by atoms with Crippen molar-refractivity contribution >= 4 is 5.97 Å². The number of carboxylic acids is 1. The second-order valence-corrected chi connectivity index (χ2v) is 5.62. The van der Waals surface area contributed by atoms with Crippen molar-refractivity contribution < 1.29 is 14.6 Å². The molecule has 0 aromatic heterocycles. The Morgan fingerprint density at radius 3 is 2.56 bits per heavy atom. The second kappa shape index (κ2) is 3.74. The van der Waals surface area contributed by atoms with Gasteiger partial charge in [0.25, 0.3) is 0 Å². The van der Waals surface area contributed by atoms with Gasteiger partial charge in [-0.2, -0.15) is 0 Å². The lowest BCUT2D eigenvalue weighted by Gasteiger charge is -2.17. The van der Waals surface area contributed by atoms with Gasteiger partial charge in [0, 0.05) is 5.56 Å². The minimum Gasteiger partial charge on any atom is -0.496 e. The minimum atomic E-state index is -0.721. The minimum absolute atomic E-state index is 0.193. The maximum absolute atomic E-state index is 11.6. The highest BCUT2D eigenvalue weighted by atomic mass is 16.5.